The van der Waals surface area contributed by atoms with Crippen LogP contribution < -0.4 is 9.04 Å². The first-order valence-electron chi connectivity index (χ1n) is 8.08. The lowest BCUT2D eigenvalue weighted by Gasteiger charge is -2.24. The molecular formula is C19H25NO3S. The first-order chi connectivity index (χ1) is 11.3. The lowest BCUT2D eigenvalue weighted by atomic mass is 10.0. The Morgan fingerprint density at radius 3 is 2.17 bits per heavy atom. The molecule has 2 aromatic rings. The van der Waals surface area contributed by atoms with Gasteiger partial charge in [-0.1, -0.05) is 26.0 Å². The Bertz CT molecular complexity index is 796. The van der Waals surface area contributed by atoms with E-state index in [1.165, 1.54) is 9.87 Å². The van der Waals surface area contributed by atoms with Gasteiger partial charge in [0.05, 0.1) is 17.7 Å². The summed E-state index contributed by atoms with van der Waals surface area (Å²) in [5.74, 6) is 1.09. The molecule has 0 saturated carbocycles. The van der Waals surface area contributed by atoms with Gasteiger partial charge in [-0.25, -0.2) is 8.42 Å². The number of ether oxygens (including phenoxy) is 1. The molecule has 0 unspecified atom stereocenters. The van der Waals surface area contributed by atoms with E-state index in [0.717, 1.165) is 5.56 Å². The van der Waals surface area contributed by atoms with Crippen molar-refractivity contribution in [3.8, 4) is 5.75 Å². The first kappa shape index (κ1) is 18.3. The van der Waals surface area contributed by atoms with Crippen LogP contribution in [0.15, 0.2) is 47.4 Å². The number of hydrogen-bond donors (Lipinski definition) is 0. The van der Waals surface area contributed by atoms with Crippen LogP contribution in [0, 0.1) is 6.92 Å². The van der Waals surface area contributed by atoms with Crippen LogP contribution in [-0.4, -0.2) is 22.1 Å². The number of rotatable bonds is 6. The average Bonchev–Trinajstić information content (AvgIpc) is 2.55. The van der Waals surface area contributed by atoms with Crippen molar-refractivity contribution >= 4 is 15.7 Å². The third kappa shape index (κ3) is 3.56. The first-order valence-corrected chi connectivity index (χ1v) is 9.52. The molecule has 0 amide bonds. The quantitative estimate of drug-likeness (QED) is 0.781. The molecule has 0 spiro atoms. The SMILES string of the molecule is CCN(c1ccc(C(C)C)cc1)S(=O)(=O)c1ccc(OC)c(C)c1. The van der Waals surface area contributed by atoms with Crippen molar-refractivity contribution in [2.24, 2.45) is 0 Å². The normalized spacial score (nSPS) is 11.6. The molecule has 0 radical (unpaired) electrons. The fourth-order valence-electron chi connectivity index (χ4n) is 2.66. The molecule has 24 heavy (non-hydrogen) atoms. The number of methoxy groups -OCH3 is 1. The van der Waals surface area contributed by atoms with Crippen LogP contribution in [0.3, 0.4) is 0 Å². The summed E-state index contributed by atoms with van der Waals surface area (Å²) in [7, 11) is -2.03. The van der Waals surface area contributed by atoms with E-state index in [9.17, 15) is 8.42 Å². The van der Waals surface area contributed by atoms with Crippen LogP contribution in [0.4, 0.5) is 5.69 Å². The topological polar surface area (TPSA) is 46.6 Å². The van der Waals surface area contributed by atoms with E-state index in [0.29, 0.717) is 23.9 Å². The Balaban J connectivity index is 2.43. The van der Waals surface area contributed by atoms with Gasteiger partial charge in [-0.3, -0.25) is 4.31 Å². The minimum atomic E-state index is -3.61. The summed E-state index contributed by atoms with van der Waals surface area (Å²) in [6.07, 6.45) is 0. The van der Waals surface area contributed by atoms with E-state index in [1.807, 2.05) is 38.1 Å². The van der Waals surface area contributed by atoms with Gasteiger partial charge in [0.15, 0.2) is 0 Å². The highest BCUT2D eigenvalue weighted by atomic mass is 32.2. The zero-order chi connectivity index (χ0) is 17.9. The summed E-state index contributed by atoms with van der Waals surface area (Å²) in [6, 6.07) is 12.6. The number of anilines is 1. The van der Waals surface area contributed by atoms with E-state index in [1.54, 1.807) is 25.3 Å². The molecule has 0 fully saturated rings. The molecule has 0 heterocycles. The van der Waals surface area contributed by atoms with Crippen LogP contribution in [-0.2, 0) is 10.0 Å². The smallest absolute Gasteiger partial charge is 0.264 e. The van der Waals surface area contributed by atoms with E-state index < -0.39 is 10.0 Å². The van der Waals surface area contributed by atoms with Gasteiger partial charge in [0.1, 0.15) is 5.75 Å². The highest BCUT2D eigenvalue weighted by Gasteiger charge is 2.24. The predicted molar refractivity (Wildman–Crippen MR) is 98.5 cm³/mol. The summed E-state index contributed by atoms with van der Waals surface area (Å²) >= 11 is 0. The molecular weight excluding hydrogens is 322 g/mol. The van der Waals surface area contributed by atoms with Crippen molar-refractivity contribution in [2.45, 2.75) is 38.5 Å². The van der Waals surface area contributed by atoms with Gasteiger partial charge < -0.3 is 4.74 Å². The van der Waals surface area contributed by atoms with Gasteiger partial charge in [0.25, 0.3) is 10.0 Å². The standard InChI is InChI=1S/C19H25NO3S/c1-6-20(17-9-7-16(8-10-17)14(2)3)24(21,22)18-11-12-19(23-5)15(4)13-18/h7-14H,6H2,1-5H3. The van der Waals surface area contributed by atoms with Crippen LogP contribution >= 0.6 is 0 Å². The zero-order valence-corrected chi connectivity index (χ0v) is 15.7. The molecule has 0 aromatic heterocycles. The molecule has 2 aromatic carbocycles. The van der Waals surface area contributed by atoms with E-state index in [2.05, 4.69) is 13.8 Å². The zero-order valence-electron chi connectivity index (χ0n) is 14.9. The maximum absolute atomic E-state index is 13.0. The van der Waals surface area contributed by atoms with Gasteiger partial charge in [0.2, 0.25) is 0 Å². The third-order valence-electron chi connectivity index (χ3n) is 4.09. The molecule has 0 bridgehead atoms. The lowest BCUT2D eigenvalue weighted by molar-refractivity contribution is 0.411. The molecule has 130 valence electrons. The van der Waals surface area contributed by atoms with Crippen molar-refractivity contribution in [3.63, 3.8) is 0 Å². The van der Waals surface area contributed by atoms with Crippen molar-refractivity contribution in [1.82, 2.24) is 0 Å². The molecule has 0 atom stereocenters. The molecule has 0 aliphatic rings. The summed E-state index contributed by atoms with van der Waals surface area (Å²) in [5, 5.41) is 0. The second-order valence-corrected chi connectivity index (χ2v) is 7.91. The Hall–Kier alpha value is -2.01. The van der Waals surface area contributed by atoms with Crippen molar-refractivity contribution in [1.29, 1.82) is 0 Å². The van der Waals surface area contributed by atoms with E-state index >= 15 is 0 Å². The van der Waals surface area contributed by atoms with Crippen molar-refractivity contribution in [2.75, 3.05) is 18.0 Å². The van der Waals surface area contributed by atoms with Crippen LogP contribution in [0.1, 0.15) is 37.8 Å². The van der Waals surface area contributed by atoms with Crippen molar-refractivity contribution in [3.05, 3.63) is 53.6 Å². The third-order valence-corrected chi connectivity index (χ3v) is 5.99. The predicted octanol–water partition coefficient (Wildman–Crippen LogP) is 4.34. The largest absolute Gasteiger partial charge is 0.496 e. The number of benzene rings is 2. The van der Waals surface area contributed by atoms with Crippen molar-refractivity contribution < 1.29 is 13.2 Å². The van der Waals surface area contributed by atoms with Gasteiger partial charge >= 0.3 is 0 Å². The fraction of sp³-hybridized carbons (Fsp3) is 0.368. The Morgan fingerprint density at radius 1 is 1.08 bits per heavy atom. The molecule has 0 aliphatic carbocycles. The van der Waals surface area contributed by atoms with Gasteiger partial charge in [-0.05, 0) is 61.2 Å². The second-order valence-electron chi connectivity index (χ2n) is 6.05. The minimum absolute atomic E-state index is 0.274. The van der Waals surface area contributed by atoms with Crippen LogP contribution in [0.2, 0.25) is 0 Å². The Labute approximate surface area is 145 Å². The molecule has 0 aliphatic heterocycles. The molecule has 2 rings (SSSR count). The maximum atomic E-state index is 13.0. The average molecular weight is 347 g/mol. The fourth-order valence-corrected chi connectivity index (χ4v) is 4.21. The second kappa shape index (κ2) is 7.26. The van der Waals surface area contributed by atoms with E-state index in [-0.39, 0.29) is 4.90 Å². The molecule has 5 heteroatoms. The number of nitrogens with zero attached hydrogens (tertiary/aromatic N) is 1. The lowest BCUT2D eigenvalue weighted by Crippen LogP contribution is -2.30. The Morgan fingerprint density at radius 2 is 1.71 bits per heavy atom. The summed E-state index contributed by atoms with van der Waals surface area (Å²) in [6.45, 7) is 8.28. The van der Waals surface area contributed by atoms with Crippen LogP contribution in [0.25, 0.3) is 0 Å². The van der Waals surface area contributed by atoms with E-state index in [4.69, 9.17) is 4.74 Å². The summed E-state index contributed by atoms with van der Waals surface area (Å²) < 4.78 is 32.7. The Kier molecular flexibility index (Phi) is 5.54. The highest BCUT2D eigenvalue weighted by Crippen LogP contribution is 2.28. The number of sulfonamides is 1. The summed E-state index contributed by atoms with van der Waals surface area (Å²) in [5.41, 5.74) is 2.66. The highest BCUT2D eigenvalue weighted by molar-refractivity contribution is 7.92. The minimum Gasteiger partial charge on any atom is -0.496 e. The van der Waals surface area contributed by atoms with Gasteiger partial charge in [-0.15, -0.1) is 0 Å². The molecule has 0 N–H and O–H groups in total. The maximum Gasteiger partial charge on any atom is 0.264 e. The molecule has 0 saturated heterocycles. The summed E-state index contributed by atoms with van der Waals surface area (Å²) in [4.78, 5) is 0.274. The number of aryl methyl sites for hydroxylation is 1. The molecule has 4 nitrogen and oxygen atoms in total. The van der Waals surface area contributed by atoms with Gasteiger partial charge in [0, 0.05) is 6.54 Å². The van der Waals surface area contributed by atoms with Gasteiger partial charge in [-0.2, -0.15) is 0 Å². The monoisotopic (exact) mass is 347 g/mol. The number of hydrogen-bond acceptors (Lipinski definition) is 3. The van der Waals surface area contributed by atoms with Crippen LogP contribution in [0.5, 0.6) is 5.75 Å².